The van der Waals surface area contributed by atoms with E-state index in [4.69, 9.17) is 16.3 Å². The van der Waals surface area contributed by atoms with Crippen molar-refractivity contribution < 1.29 is 17.9 Å². The molecule has 1 atom stereocenters. The van der Waals surface area contributed by atoms with Crippen LogP contribution in [0.1, 0.15) is 23.2 Å². The van der Waals surface area contributed by atoms with E-state index in [2.05, 4.69) is 9.97 Å². The summed E-state index contributed by atoms with van der Waals surface area (Å²) in [5.74, 6) is 1.21. The lowest BCUT2D eigenvalue weighted by Gasteiger charge is -2.22. The molecular weight excluding hydrogens is 289 g/mol. The SMILES string of the molecule is FC(F)(F)c1nc(C2CSCCO2)ncc1CCl. The van der Waals surface area contributed by atoms with Crippen molar-refractivity contribution in [3.63, 3.8) is 0 Å². The number of nitrogens with zero attached hydrogens (tertiary/aromatic N) is 2. The normalized spacial score (nSPS) is 21.0. The van der Waals surface area contributed by atoms with E-state index in [9.17, 15) is 13.2 Å². The lowest BCUT2D eigenvalue weighted by Crippen LogP contribution is -2.21. The second-order valence-electron chi connectivity index (χ2n) is 3.67. The van der Waals surface area contributed by atoms with Crippen LogP contribution in [0.2, 0.25) is 0 Å². The highest BCUT2D eigenvalue weighted by molar-refractivity contribution is 7.99. The van der Waals surface area contributed by atoms with Gasteiger partial charge in [-0.15, -0.1) is 11.6 Å². The van der Waals surface area contributed by atoms with Gasteiger partial charge in [-0.2, -0.15) is 24.9 Å². The van der Waals surface area contributed by atoms with Gasteiger partial charge in [0.15, 0.2) is 11.5 Å². The van der Waals surface area contributed by atoms with Crippen LogP contribution in [0.3, 0.4) is 0 Å². The summed E-state index contributed by atoms with van der Waals surface area (Å²) in [6, 6.07) is 0. The molecule has 0 spiro atoms. The van der Waals surface area contributed by atoms with Gasteiger partial charge in [-0.1, -0.05) is 0 Å². The maximum Gasteiger partial charge on any atom is 0.433 e. The zero-order chi connectivity index (χ0) is 13.2. The van der Waals surface area contributed by atoms with Crippen LogP contribution >= 0.6 is 23.4 Å². The number of hydrogen-bond acceptors (Lipinski definition) is 4. The fraction of sp³-hybridized carbons (Fsp3) is 0.600. The van der Waals surface area contributed by atoms with Crippen molar-refractivity contribution in [2.45, 2.75) is 18.2 Å². The fourth-order valence-electron chi connectivity index (χ4n) is 1.56. The van der Waals surface area contributed by atoms with Crippen LogP contribution in [0, 0.1) is 0 Å². The van der Waals surface area contributed by atoms with Crippen LogP contribution in [-0.2, 0) is 16.8 Å². The predicted octanol–water partition coefficient (Wildman–Crippen LogP) is 3.04. The average Bonchev–Trinajstić information content (AvgIpc) is 2.38. The summed E-state index contributed by atoms with van der Waals surface area (Å²) in [6.07, 6.45) is -3.88. The zero-order valence-corrected chi connectivity index (χ0v) is 10.8. The molecule has 3 nitrogen and oxygen atoms in total. The first kappa shape index (κ1) is 13.9. The third-order valence-corrected chi connectivity index (χ3v) is 3.68. The van der Waals surface area contributed by atoms with Crippen molar-refractivity contribution in [3.05, 3.63) is 23.3 Å². The van der Waals surface area contributed by atoms with Crippen molar-refractivity contribution in [2.75, 3.05) is 18.1 Å². The molecule has 1 saturated heterocycles. The highest BCUT2D eigenvalue weighted by Gasteiger charge is 2.36. The Morgan fingerprint density at radius 3 is 2.83 bits per heavy atom. The van der Waals surface area contributed by atoms with E-state index in [0.717, 1.165) is 11.9 Å². The summed E-state index contributed by atoms with van der Waals surface area (Å²) in [5, 5.41) is 0. The first-order valence-corrected chi connectivity index (χ1v) is 6.89. The Morgan fingerprint density at radius 2 is 2.28 bits per heavy atom. The molecule has 0 amide bonds. The Kier molecular flexibility index (Phi) is 4.34. The van der Waals surface area contributed by atoms with Crippen molar-refractivity contribution in [1.82, 2.24) is 9.97 Å². The van der Waals surface area contributed by atoms with E-state index in [1.807, 2.05) is 0 Å². The molecule has 0 aromatic carbocycles. The Balaban J connectivity index is 2.33. The molecule has 2 heterocycles. The number of halogens is 4. The van der Waals surface area contributed by atoms with Crippen LogP contribution < -0.4 is 0 Å². The minimum atomic E-state index is -4.52. The molecule has 0 radical (unpaired) electrons. The zero-order valence-electron chi connectivity index (χ0n) is 9.21. The number of thioether (sulfide) groups is 1. The van der Waals surface area contributed by atoms with E-state index in [0.29, 0.717) is 12.4 Å². The van der Waals surface area contributed by atoms with Crippen molar-refractivity contribution in [2.24, 2.45) is 0 Å². The Morgan fingerprint density at radius 1 is 1.50 bits per heavy atom. The van der Waals surface area contributed by atoms with Crippen LogP contribution in [0.25, 0.3) is 0 Å². The Labute approximate surface area is 111 Å². The summed E-state index contributed by atoms with van der Waals surface area (Å²) in [7, 11) is 0. The molecule has 2 rings (SSSR count). The van der Waals surface area contributed by atoms with E-state index >= 15 is 0 Å². The Hall–Kier alpha value is -0.530. The number of aromatic nitrogens is 2. The average molecular weight is 299 g/mol. The molecule has 0 aliphatic carbocycles. The van der Waals surface area contributed by atoms with Gasteiger partial charge in [0.1, 0.15) is 6.10 Å². The molecule has 1 aromatic rings. The van der Waals surface area contributed by atoms with Crippen LogP contribution in [0.15, 0.2) is 6.20 Å². The minimum absolute atomic E-state index is 0.0726. The van der Waals surface area contributed by atoms with Gasteiger partial charge in [-0.3, -0.25) is 0 Å². The third-order valence-electron chi connectivity index (χ3n) is 2.40. The summed E-state index contributed by atoms with van der Waals surface area (Å²) in [5.41, 5.74) is -1.09. The van der Waals surface area contributed by atoms with Crippen LogP contribution in [-0.4, -0.2) is 28.1 Å². The Bertz CT molecular complexity index is 424. The van der Waals surface area contributed by atoms with Gasteiger partial charge in [0.25, 0.3) is 0 Å². The molecule has 1 aromatic heterocycles. The third kappa shape index (κ3) is 3.07. The van der Waals surface area contributed by atoms with Crippen molar-refractivity contribution in [3.8, 4) is 0 Å². The topological polar surface area (TPSA) is 35.0 Å². The second-order valence-corrected chi connectivity index (χ2v) is 5.08. The number of ether oxygens (including phenoxy) is 1. The maximum absolute atomic E-state index is 12.8. The van der Waals surface area contributed by atoms with E-state index in [1.54, 1.807) is 11.8 Å². The smallest absolute Gasteiger partial charge is 0.368 e. The molecule has 1 unspecified atom stereocenters. The summed E-state index contributed by atoms with van der Waals surface area (Å²) < 4.78 is 43.7. The molecule has 1 fully saturated rings. The summed E-state index contributed by atoms with van der Waals surface area (Å²) in [4.78, 5) is 7.49. The van der Waals surface area contributed by atoms with Gasteiger partial charge in [0.05, 0.1) is 12.5 Å². The van der Waals surface area contributed by atoms with E-state index in [1.165, 1.54) is 0 Å². The highest BCUT2D eigenvalue weighted by atomic mass is 35.5. The molecule has 0 saturated carbocycles. The largest absolute Gasteiger partial charge is 0.433 e. The molecule has 100 valence electrons. The lowest BCUT2D eigenvalue weighted by molar-refractivity contribution is -0.142. The van der Waals surface area contributed by atoms with Gasteiger partial charge >= 0.3 is 6.18 Å². The highest BCUT2D eigenvalue weighted by Crippen LogP contribution is 2.32. The maximum atomic E-state index is 12.8. The molecule has 8 heteroatoms. The first-order chi connectivity index (χ1) is 8.52. The van der Waals surface area contributed by atoms with Gasteiger partial charge in [-0.25, -0.2) is 9.97 Å². The van der Waals surface area contributed by atoms with Gasteiger partial charge in [0.2, 0.25) is 0 Å². The molecule has 1 aliphatic heterocycles. The van der Waals surface area contributed by atoms with Gasteiger partial charge in [0, 0.05) is 23.3 Å². The number of hydrogen-bond donors (Lipinski definition) is 0. The molecular formula is C10H10ClF3N2OS. The molecule has 0 bridgehead atoms. The van der Waals surface area contributed by atoms with E-state index < -0.39 is 18.0 Å². The second kappa shape index (κ2) is 5.63. The molecule has 1 aliphatic rings. The summed E-state index contributed by atoms with van der Waals surface area (Å²) in [6.45, 7) is 0.497. The quantitative estimate of drug-likeness (QED) is 0.786. The van der Waals surface area contributed by atoms with Gasteiger partial charge in [-0.05, 0) is 0 Å². The van der Waals surface area contributed by atoms with Crippen molar-refractivity contribution >= 4 is 23.4 Å². The standard InChI is InChI=1S/C10H10ClF3N2OS/c11-3-6-4-15-9(7-5-18-2-1-17-7)16-8(6)10(12,13)14/h4,7H,1-3,5H2. The van der Waals surface area contributed by atoms with Crippen LogP contribution in [0.4, 0.5) is 13.2 Å². The minimum Gasteiger partial charge on any atom is -0.368 e. The molecule has 18 heavy (non-hydrogen) atoms. The van der Waals surface area contributed by atoms with Crippen molar-refractivity contribution in [1.29, 1.82) is 0 Å². The van der Waals surface area contributed by atoms with E-state index in [-0.39, 0.29) is 17.3 Å². The fourth-order valence-corrected chi connectivity index (χ4v) is 2.59. The lowest BCUT2D eigenvalue weighted by atomic mass is 10.2. The first-order valence-electron chi connectivity index (χ1n) is 5.20. The monoisotopic (exact) mass is 298 g/mol. The predicted molar refractivity (Wildman–Crippen MR) is 62.6 cm³/mol. The van der Waals surface area contributed by atoms with Gasteiger partial charge < -0.3 is 4.74 Å². The molecule has 0 N–H and O–H groups in total. The number of rotatable bonds is 2. The number of alkyl halides is 4. The summed E-state index contributed by atoms with van der Waals surface area (Å²) >= 11 is 7.07. The van der Waals surface area contributed by atoms with Crippen LogP contribution in [0.5, 0.6) is 0 Å².